The summed E-state index contributed by atoms with van der Waals surface area (Å²) in [5, 5.41) is 17.7. The van der Waals surface area contributed by atoms with E-state index < -0.39 is 6.23 Å². The number of benzene rings is 1. The Labute approximate surface area is 88.5 Å². The number of rotatable bonds is 2. The highest BCUT2D eigenvalue weighted by Crippen LogP contribution is 2.20. The molecule has 0 fully saturated rings. The van der Waals surface area contributed by atoms with Crippen LogP contribution in [0, 0.1) is 13.8 Å². The zero-order valence-electron chi connectivity index (χ0n) is 9.23. The molecular formula is C11H15N3O. The lowest BCUT2D eigenvalue weighted by Crippen LogP contribution is -2.08. The maximum Gasteiger partial charge on any atom is 0.149 e. The second kappa shape index (κ2) is 3.62. The zero-order chi connectivity index (χ0) is 11.0. The monoisotopic (exact) mass is 205 g/mol. The molecule has 1 aromatic heterocycles. The van der Waals surface area contributed by atoms with E-state index in [1.165, 1.54) is 11.1 Å². The number of fused-ring (bicyclic) bond motifs is 1. The van der Waals surface area contributed by atoms with E-state index in [9.17, 15) is 5.11 Å². The first-order valence-corrected chi connectivity index (χ1v) is 5.13. The molecule has 1 unspecified atom stereocenters. The quantitative estimate of drug-likeness (QED) is 0.815. The molecule has 1 atom stereocenters. The van der Waals surface area contributed by atoms with Crippen LogP contribution in [-0.4, -0.2) is 20.1 Å². The van der Waals surface area contributed by atoms with Crippen molar-refractivity contribution in [2.24, 2.45) is 0 Å². The van der Waals surface area contributed by atoms with Crippen LogP contribution in [0.1, 0.15) is 30.7 Å². The average molecular weight is 205 g/mol. The number of hydrogen-bond acceptors (Lipinski definition) is 3. The normalized spacial score (nSPS) is 13.3. The van der Waals surface area contributed by atoms with Crippen molar-refractivity contribution in [3.63, 3.8) is 0 Å². The van der Waals surface area contributed by atoms with Gasteiger partial charge >= 0.3 is 0 Å². The Balaban J connectivity index is 2.64. The van der Waals surface area contributed by atoms with Crippen molar-refractivity contribution in [2.45, 2.75) is 33.4 Å². The lowest BCUT2D eigenvalue weighted by molar-refractivity contribution is 0.0893. The van der Waals surface area contributed by atoms with E-state index in [0.29, 0.717) is 6.42 Å². The molecule has 4 heteroatoms. The van der Waals surface area contributed by atoms with Gasteiger partial charge in [0.15, 0.2) is 0 Å². The standard InChI is InChI=1S/C11H15N3O/c1-4-11(15)14-10-6-8(3)7(2)5-9(10)12-13-14/h5-6,11,15H,4H2,1-3H3. The van der Waals surface area contributed by atoms with Crippen LogP contribution >= 0.6 is 0 Å². The van der Waals surface area contributed by atoms with Crippen LogP contribution in [0.15, 0.2) is 12.1 Å². The summed E-state index contributed by atoms with van der Waals surface area (Å²) in [4.78, 5) is 0. The minimum atomic E-state index is -0.586. The molecule has 1 aromatic carbocycles. The first kappa shape index (κ1) is 10.1. The highest BCUT2D eigenvalue weighted by molar-refractivity contribution is 5.76. The summed E-state index contributed by atoms with van der Waals surface area (Å²) >= 11 is 0. The van der Waals surface area contributed by atoms with Crippen LogP contribution in [0.2, 0.25) is 0 Å². The van der Waals surface area contributed by atoms with Gasteiger partial charge in [-0.15, -0.1) is 5.10 Å². The third-order valence-corrected chi connectivity index (χ3v) is 2.73. The van der Waals surface area contributed by atoms with Crippen LogP contribution < -0.4 is 0 Å². The van der Waals surface area contributed by atoms with Crippen LogP contribution in [0.4, 0.5) is 0 Å². The smallest absolute Gasteiger partial charge is 0.149 e. The second-order valence-electron chi connectivity index (χ2n) is 3.85. The van der Waals surface area contributed by atoms with Gasteiger partial charge in [-0.25, -0.2) is 4.68 Å². The van der Waals surface area contributed by atoms with E-state index in [1.807, 2.05) is 32.9 Å². The Morgan fingerprint density at radius 3 is 2.67 bits per heavy atom. The van der Waals surface area contributed by atoms with Crippen molar-refractivity contribution in [1.29, 1.82) is 0 Å². The van der Waals surface area contributed by atoms with Gasteiger partial charge in [0.25, 0.3) is 0 Å². The Hall–Kier alpha value is -1.42. The number of hydrogen-bond donors (Lipinski definition) is 1. The Bertz CT molecular complexity index is 490. The van der Waals surface area contributed by atoms with Crippen molar-refractivity contribution < 1.29 is 5.11 Å². The molecule has 4 nitrogen and oxygen atoms in total. The largest absolute Gasteiger partial charge is 0.372 e. The minimum absolute atomic E-state index is 0.586. The summed E-state index contributed by atoms with van der Waals surface area (Å²) in [5.41, 5.74) is 4.12. The fourth-order valence-electron chi connectivity index (χ4n) is 1.59. The fourth-order valence-corrected chi connectivity index (χ4v) is 1.59. The number of nitrogens with zero attached hydrogens (tertiary/aromatic N) is 3. The molecule has 1 heterocycles. The van der Waals surface area contributed by atoms with Crippen LogP contribution in [-0.2, 0) is 0 Å². The molecule has 0 aliphatic heterocycles. The third kappa shape index (κ3) is 1.61. The predicted molar refractivity (Wildman–Crippen MR) is 58.5 cm³/mol. The van der Waals surface area contributed by atoms with Crippen LogP contribution in [0.5, 0.6) is 0 Å². The van der Waals surface area contributed by atoms with E-state index in [-0.39, 0.29) is 0 Å². The molecule has 0 spiro atoms. The summed E-state index contributed by atoms with van der Waals surface area (Å²) in [6, 6.07) is 4.01. The second-order valence-corrected chi connectivity index (χ2v) is 3.85. The summed E-state index contributed by atoms with van der Waals surface area (Å²) in [6.45, 7) is 6.01. The number of aryl methyl sites for hydroxylation is 2. The summed E-state index contributed by atoms with van der Waals surface area (Å²) in [6.07, 6.45) is 0.0443. The SMILES string of the molecule is CCC(O)n1nnc2cc(C)c(C)cc21. The van der Waals surface area contributed by atoms with Gasteiger partial charge in [0.05, 0.1) is 5.52 Å². The van der Waals surface area contributed by atoms with E-state index in [2.05, 4.69) is 10.3 Å². The van der Waals surface area contributed by atoms with E-state index >= 15 is 0 Å². The van der Waals surface area contributed by atoms with Crippen molar-refractivity contribution in [1.82, 2.24) is 15.0 Å². The topological polar surface area (TPSA) is 50.9 Å². The van der Waals surface area contributed by atoms with Gasteiger partial charge in [-0.1, -0.05) is 12.1 Å². The molecule has 2 aromatic rings. The van der Waals surface area contributed by atoms with Gasteiger partial charge < -0.3 is 5.11 Å². The molecule has 0 aliphatic rings. The van der Waals surface area contributed by atoms with Crippen molar-refractivity contribution in [3.8, 4) is 0 Å². The van der Waals surface area contributed by atoms with E-state index in [0.717, 1.165) is 11.0 Å². The summed E-state index contributed by atoms with van der Waals surface area (Å²) < 4.78 is 1.57. The molecule has 0 aliphatic carbocycles. The average Bonchev–Trinajstić information content (AvgIpc) is 2.61. The molecule has 1 N–H and O–H groups in total. The molecular weight excluding hydrogens is 190 g/mol. The van der Waals surface area contributed by atoms with Crippen molar-refractivity contribution in [2.75, 3.05) is 0 Å². The molecule has 0 saturated heterocycles. The van der Waals surface area contributed by atoms with Crippen LogP contribution in [0.25, 0.3) is 11.0 Å². The highest BCUT2D eigenvalue weighted by Gasteiger charge is 2.11. The zero-order valence-corrected chi connectivity index (χ0v) is 9.23. The lowest BCUT2D eigenvalue weighted by atomic mass is 10.1. The van der Waals surface area contributed by atoms with Gasteiger partial charge in [0, 0.05) is 0 Å². The molecule has 0 radical (unpaired) electrons. The number of aliphatic hydroxyl groups is 1. The lowest BCUT2D eigenvalue weighted by Gasteiger charge is -2.08. The molecule has 15 heavy (non-hydrogen) atoms. The Kier molecular flexibility index (Phi) is 2.44. The molecule has 80 valence electrons. The van der Waals surface area contributed by atoms with Crippen molar-refractivity contribution >= 4 is 11.0 Å². The van der Waals surface area contributed by atoms with E-state index in [4.69, 9.17) is 0 Å². The summed E-state index contributed by atoms with van der Waals surface area (Å²) in [7, 11) is 0. The number of aromatic nitrogens is 3. The Morgan fingerprint density at radius 1 is 1.33 bits per heavy atom. The molecule has 0 bridgehead atoms. The van der Waals surface area contributed by atoms with Gasteiger partial charge in [0.1, 0.15) is 11.7 Å². The maximum absolute atomic E-state index is 9.74. The van der Waals surface area contributed by atoms with Gasteiger partial charge in [0.2, 0.25) is 0 Å². The van der Waals surface area contributed by atoms with Crippen LogP contribution in [0.3, 0.4) is 0 Å². The minimum Gasteiger partial charge on any atom is -0.372 e. The van der Waals surface area contributed by atoms with Gasteiger partial charge in [-0.05, 0) is 43.5 Å². The molecule has 0 saturated carbocycles. The highest BCUT2D eigenvalue weighted by atomic mass is 16.3. The molecule has 0 amide bonds. The van der Waals surface area contributed by atoms with Gasteiger partial charge in [-0.3, -0.25) is 0 Å². The summed E-state index contributed by atoms with van der Waals surface area (Å²) in [5.74, 6) is 0. The first-order valence-electron chi connectivity index (χ1n) is 5.13. The third-order valence-electron chi connectivity index (χ3n) is 2.73. The van der Waals surface area contributed by atoms with Gasteiger partial charge in [-0.2, -0.15) is 0 Å². The Morgan fingerprint density at radius 2 is 2.00 bits per heavy atom. The number of aliphatic hydroxyl groups excluding tert-OH is 1. The molecule has 2 rings (SSSR count). The van der Waals surface area contributed by atoms with Crippen molar-refractivity contribution in [3.05, 3.63) is 23.3 Å². The first-order chi connectivity index (χ1) is 7.13. The fraction of sp³-hybridized carbons (Fsp3) is 0.455. The van der Waals surface area contributed by atoms with E-state index in [1.54, 1.807) is 4.68 Å². The maximum atomic E-state index is 9.74. The predicted octanol–water partition coefficient (Wildman–Crippen LogP) is 1.95.